The maximum absolute atomic E-state index is 12.2. The zero-order valence-electron chi connectivity index (χ0n) is 14.0. The molecule has 0 bridgehead atoms. The van der Waals surface area contributed by atoms with Crippen LogP contribution in [0.25, 0.3) is 0 Å². The summed E-state index contributed by atoms with van der Waals surface area (Å²) in [6, 6.07) is 3.39. The number of methoxy groups -OCH3 is 1. The zero-order valence-corrected chi connectivity index (χ0v) is 14.0. The topological polar surface area (TPSA) is 80.8 Å². The second-order valence-electron chi connectivity index (χ2n) is 6.40. The fourth-order valence-electron chi connectivity index (χ4n) is 2.30. The molecule has 1 fully saturated rings. The van der Waals surface area contributed by atoms with Gasteiger partial charge >= 0.3 is 12.1 Å². The van der Waals surface area contributed by atoms with Crippen molar-refractivity contribution in [1.29, 1.82) is 0 Å². The number of piperazine rings is 1. The number of nitrogens with zero attached hydrogens (tertiary/aromatic N) is 2. The lowest BCUT2D eigenvalue weighted by Gasteiger charge is -2.35. The van der Waals surface area contributed by atoms with Crippen LogP contribution in [0.3, 0.4) is 0 Å². The van der Waals surface area contributed by atoms with E-state index in [0.29, 0.717) is 19.6 Å². The van der Waals surface area contributed by atoms with Gasteiger partial charge in [-0.3, -0.25) is 0 Å². The van der Waals surface area contributed by atoms with Gasteiger partial charge in [0, 0.05) is 25.8 Å². The van der Waals surface area contributed by atoms with E-state index in [1.54, 1.807) is 17.2 Å². The lowest BCUT2D eigenvalue weighted by atomic mass is 10.1. The van der Waals surface area contributed by atoms with Gasteiger partial charge in [0.05, 0.1) is 13.2 Å². The molecule has 1 aromatic rings. The molecule has 1 aliphatic rings. The van der Waals surface area contributed by atoms with E-state index in [1.807, 2.05) is 26.8 Å². The van der Waals surface area contributed by atoms with Crippen molar-refractivity contribution < 1.29 is 19.1 Å². The molecule has 2 rings (SSSR count). The van der Waals surface area contributed by atoms with E-state index in [-0.39, 0.29) is 17.8 Å². The first-order valence-corrected chi connectivity index (χ1v) is 7.56. The standard InChI is InChI=1S/C16H23N3O4/c1-16(2,3)23-15(21)19-8-7-17-13(10-19)11-5-6-12(18-9-11)14(20)22-4/h5-6,9,13,17H,7-8,10H2,1-4H3. The highest BCUT2D eigenvalue weighted by molar-refractivity contribution is 5.87. The molecular formula is C16H23N3O4. The fourth-order valence-corrected chi connectivity index (χ4v) is 2.30. The Morgan fingerprint density at radius 2 is 2.09 bits per heavy atom. The third-order valence-corrected chi connectivity index (χ3v) is 3.41. The Morgan fingerprint density at radius 3 is 2.65 bits per heavy atom. The largest absolute Gasteiger partial charge is 0.464 e. The van der Waals surface area contributed by atoms with Crippen LogP contribution in [-0.2, 0) is 9.47 Å². The Labute approximate surface area is 136 Å². The van der Waals surface area contributed by atoms with Crippen molar-refractivity contribution in [3.63, 3.8) is 0 Å². The number of nitrogens with one attached hydrogen (secondary N) is 1. The smallest absolute Gasteiger partial charge is 0.410 e. The molecule has 0 radical (unpaired) electrons. The lowest BCUT2D eigenvalue weighted by molar-refractivity contribution is 0.0195. The summed E-state index contributed by atoms with van der Waals surface area (Å²) in [6.45, 7) is 7.30. The average Bonchev–Trinajstić information content (AvgIpc) is 2.53. The Hall–Kier alpha value is -2.15. The third kappa shape index (κ3) is 4.66. The van der Waals surface area contributed by atoms with Crippen LogP contribution in [0, 0.1) is 0 Å². The van der Waals surface area contributed by atoms with Crippen LogP contribution in [0.2, 0.25) is 0 Å². The van der Waals surface area contributed by atoms with Gasteiger partial charge in [-0.2, -0.15) is 0 Å². The normalized spacial score (nSPS) is 18.4. The molecule has 0 spiro atoms. The summed E-state index contributed by atoms with van der Waals surface area (Å²) in [7, 11) is 1.32. The molecule has 0 aliphatic carbocycles. The van der Waals surface area contributed by atoms with Gasteiger partial charge in [0.25, 0.3) is 0 Å². The molecule has 1 aromatic heterocycles. The number of rotatable bonds is 2. The Kier molecular flexibility index (Phi) is 5.20. The number of pyridine rings is 1. The van der Waals surface area contributed by atoms with Crippen LogP contribution in [0.15, 0.2) is 18.3 Å². The summed E-state index contributed by atoms with van der Waals surface area (Å²) in [5.41, 5.74) is 0.656. The SMILES string of the molecule is COC(=O)c1ccc(C2CN(C(=O)OC(C)(C)C)CCN2)cn1. The molecule has 0 saturated carbocycles. The van der Waals surface area contributed by atoms with Crippen LogP contribution in [-0.4, -0.2) is 54.3 Å². The first kappa shape index (κ1) is 17.2. The monoisotopic (exact) mass is 321 g/mol. The Bertz CT molecular complexity index is 566. The lowest BCUT2D eigenvalue weighted by Crippen LogP contribution is -2.49. The number of carbonyl (C=O) groups is 2. The number of amides is 1. The van der Waals surface area contributed by atoms with Gasteiger partial charge in [0.2, 0.25) is 0 Å². The summed E-state index contributed by atoms with van der Waals surface area (Å²) in [4.78, 5) is 29.4. The van der Waals surface area contributed by atoms with Crippen molar-refractivity contribution in [2.45, 2.75) is 32.4 Å². The van der Waals surface area contributed by atoms with E-state index >= 15 is 0 Å². The summed E-state index contributed by atoms with van der Waals surface area (Å²) < 4.78 is 10.0. The van der Waals surface area contributed by atoms with E-state index in [9.17, 15) is 9.59 Å². The molecule has 1 atom stereocenters. The second-order valence-corrected chi connectivity index (χ2v) is 6.40. The van der Waals surface area contributed by atoms with Gasteiger partial charge in [-0.1, -0.05) is 6.07 Å². The molecule has 23 heavy (non-hydrogen) atoms. The molecule has 1 amide bonds. The summed E-state index contributed by atoms with van der Waals surface area (Å²) in [6.07, 6.45) is 1.31. The van der Waals surface area contributed by atoms with Crippen molar-refractivity contribution >= 4 is 12.1 Å². The molecule has 7 heteroatoms. The van der Waals surface area contributed by atoms with E-state index in [0.717, 1.165) is 5.56 Å². The van der Waals surface area contributed by atoms with Gasteiger partial charge in [-0.15, -0.1) is 0 Å². The number of esters is 1. The van der Waals surface area contributed by atoms with Crippen molar-refractivity contribution in [3.05, 3.63) is 29.6 Å². The van der Waals surface area contributed by atoms with E-state index in [1.165, 1.54) is 7.11 Å². The predicted molar refractivity (Wildman–Crippen MR) is 84.1 cm³/mol. The Balaban J connectivity index is 2.03. The van der Waals surface area contributed by atoms with Crippen molar-refractivity contribution in [3.8, 4) is 0 Å². The molecule has 0 aromatic carbocycles. The van der Waals surface area contributed by atoms with Crippen LogP contribution in [0.5, 0.6) is 0 Å². The van der Waals surface area contributed by atoms with Gasteiger partial charge in [-0.25, -0.2) is 14.6 Å². The molecule has 1 saturated heterocycles. The zero-order chi connectivity index (χ0) is 17.0. The number of hydrogen-bond acceptors (Lipinski definition) is 6. The van der Waals surface area contributed by atoms with E-state index in [2.05, 4.69) is 15.0 Å². The number of carbonyl (C=O) groups excluding carboxylic acids is 2. The first-order chi connectivity index (χ1) is 10.8. The van der Waals surface area contributed by atoms with Gasteiger partial charge < -0.3 is 19.7 Å². The van der Waals surface area contributed by atoms with Gasteiger partial charge in [0.1, 0.15) is 11.3 Å². The molecule has 1 N–H and O–H groups in total. The molecule has 2 heterocycles. The number of ether oxygens (including phenoxy) is 2. The van der Waals surface area contributed by atoms with Crippen molar-refractivity contribution in [2.75, 3.05) is 26.7 Å². The predicted octanol–water partition coefficient (Wildman–Crippen LogP) is 1.75. The van der Waals surface area contributed by atoms with Crippen LogP contribution in [0.1, 0.15) is 42.9 Å². The van der Waals surface area contributed by atoms with Gasteiger partial charge in [-0.05, 0) is 32.4 Å². The second kappa shape index (κ2) is 6.95. The highest BCUT2D eigenvalue weighted by Gasteiger charge is 2.28. The van der Waals surface area contributed by atoms with Gasteiger partial charge in [0.15, 0.2) is 0 Å². The fraction of sp³-hybridized carbons (Fsp3) is 0.562. The molecular weight excluding hydrogens is 298 g/mol. The minimum absolute atomic E-state index is 0.0459. The van der Waals surface area contributed by atoms with E-state index in [4.69, 9.17) is 4.74 Å². The molecule has 1 unspecified atom stereocenters. The Morgan fingerprint density at radius 1 is 1.35 bits per heavy atom. The number of aromatic nitrogens is 1. The summed E-state index contributed by atoms with van der Waals surface area (Å²) >= 11 is 0. The van der Waals surface area contributed by atoms with Crippen molar-refractivity contribution in [2.24, 2.45) is 0 Å². The van der Waals surface area contributed by atoms with Crippen LogP contribution < -0.4 is 5.32 Å². The highest BCUT2D eigenvalue weighted by Crippen LogP contribution is 2.19. The molecule has 126 valence electrons. The van der Waals surface area contributed by atoms with Crippen molar-refractivity contribution in [1.82, 2.24) is 15.2 Å². The maximum Gasteiger partial charge on any atom is 0.410 e. The summed E-state index contributed by atoms with van der Waals surface area (Å²) in [5.74, 6) is -0.469. The third-order valence-electron chi connectivity index (χ3n) is 3.41. The maximum atomic E-state index is 12.2. The first-order valence-electron chi connectivity index (χ1n) is 7.56. The molecule has 7 nitrogen and oxygen atoms in total. The summed E-state index contributed by atoms with van der Waals surface area (Å²) in [5, 5.41) is 3.34. The molecule has 1 aliphatic heterocycles. The average molecular weight is 321 g/mol. The van der Waals surface area contributed by atoms with Crippen LogP contribution >= 0.6 is 0 Å². The minimum Gasteiger partial charge on any atom is -0.464 e. The van der Waals surface area contributed by atoms with E-state index < -0.39 is 11.6 Å². The quantitative estimate of drug-likeness (QED) is 0.836. The van der Waals surface area contributed by atoms with Crippen LogP contribution in [0.4, 0.5) is 4.79 Å². The minimum atomic E-state index is -0.513. The number of hydrogen-bond donors (Lipinski definition) is 1. The highest BCUT2D eigenvalue weighted by atomic mass is 16.6.